The van der Waals surface area contributed by atoms with E-state index in [1.165, 1.54) is 12.1 Å². The Kier molecular flexibility index (Phi) is 3.57. The maximum atomic E-state index is 13.0. The van der Waals surface area contributed by atoms with Gasteiger partial charge in [0.15, 0.2) is 11.5 Å². The average molecular weight is 273 g/mol. The van der Waals surface area contributed by atoms with E-state index in [0.717, 1.165) is 0 Å². The highest BCUT2D eigenvalue weighted by Crippen LogP contribution is 2.43. The summed E-state index contributed by atoms with van der Waals surface area (Å²) in [4.78, 5) is 11.4. The van der Waals surface area contributed by atoms with Gasteiger partial charge in [0.05, 0.1) is 6.61 Å². The zero-order valence-electron chi connectivity index (χ0n) is 10.2. The van der Waals surface area contributed by atoms with Crippen LogP contribution >= 0.6 is 0 Å². The molecule has 0 aliphatic carbocycles. The quantitative estimate of drug-likeness (QED) is 0.840. The minimum atomic E-state index is -3.69. The van der Waals surface area contributed by atoms with Crippen molar-refractivity contribution in [3.8, 4) is 11.5 Å². The Balaban J connectivity index is 2.15. The monoisotopic (exact) mass is 273 g/mol. The minimum Gasteiger partial charge on any atom is -0.465 e. The van der Waals surface area contributed by atoms with Crippen LogP contribution in [0.3, 0.4) is 0 Å². The van der Waals surface area contributed by atoms with Crippen molar-refractivity contribution in [2.75, 3.05) is 6.61 Å². The molecule has 0 saturated heterocycles. The summed E-state index contributed by atoms with van der Waals surface area (Å²) in [5.74, 6) is -0.753. The number of fused-ring (bicyclic) bond motifs is 1. The molecule has 2 N–H and O–H groups in total. The zero-order valence-corrected chi connectivity index (χ0v) is 10.2. The second-order valence-corrected chi connectivity index (χ2v) is 3.97. The molecule has 1 heterocycles. The third-order valence-electron chi connectivity index (χ3n) is 2.54. The van der Waals surface area contributed by atoms with Crippen LogP contribution in [-0.4, -0.2) is 24.9 Å². The lowest BCUT2D eigenvalue weighted by Gasteiger charge is -2.12. The topological polar surface area (TPSA) is 70.8 Å². The summed E-state index contributed by atoms with van der Waals surface area (Å²) < 4.78 is 39.4. The number of carbonyl (C=O) groups is 1. The van der Waals surface area contributed by atoms with Gasteiger partial charge in [-0.3, -0.25) is 4.79 Å². The van der Waals surface area contributed by atoms with E-state index in [2.05, 4.69) is 9.47 Å². The molecule has 1 aliphatic rings. The molecule has 0 spiro atoms. The second-order valence-electron chi connectivity index (χ2n) is 3.97. The van der Waals surface area contributed by atoms with Crippen LogP contribution in [-0.2, 0) is 16.0 Å². The molecule has 1 aromatic rings. The van der Waals surface area contributed by atoms with Gasteiger partial charge in [-0.1, -0.05) is 12.1 Å². The molecule has 1 aliphatic heterocycles. The maximum absolute atomic E-state index is 13.0. The van der Waals surface area contributed by atoms with Crippen LogP contribution in [0.2, 0.25) is 0 Å². The van der Waals surface area contributed by atoms with Gasteiger partial charge in [-0.15, -0.1) is 8.78 Å². The van der Waals surface area contributed by atoms with E-state index in [0.29, 0.717) is 5.56 Å². The van der Waals surface area contributed by atoms with Gasteiger partial charge in [-0.2, -0.15) is 0 Å². The molecule has 0 amide bonds. The van der Waals surface area contributed by atoms with E-state index in [-0.39, 0.29) is 24.5 Å². The van der Waals surface area contributed by atoms with Crippen LogP contribution < -0.4 is 15.2 Å². The molecule has 1 atom stereocenters. The first-order valence-electron chi connectivity index (χ1n) is 5.73. The van der Waals surface area contributed by atoms with Crippen molar-refractivity contribution in [2.24, 2.45) is 5.73 Å². The Morgan fingerprint density at radius 2 is 2.21 bits per heavy atom. The molecule has 1 aromatic carbocycles. The fourth-order valence-corrected chi connectivity index (χ4v) is 1.76. The summed E-state index contributed by atoms with van der Waals surface area (Å²) in [5.41, 5.74) is 6.01. The Hall–Kier alpha value is -1.89. The van der Waals surface area contributed by atoms with Gasteiger partial charge in [-0.25, -0.2) is 0 Å². The smallest absolute Gasteiger partial charge is 0.465 e. The van der Waals surface area contributed by atoms with Crippen molar-refractivity contribution in [1.82, 2.24) is 0 Å². The van der Waals surface area contributed by atoms with Crippen molar-refractivity contribution in [1.29, 1.82) is 0 Å². The van der Waals surface area contributed by atoms with E-state index in [1.54, 1.807) is 13.0 Å². The fraction of sp³-hybridized carbons (Fsp3) is 0.417. The van der Waals surface area contributed by atoms with Gasteiger partial charge in [0.1, 0.15) is 6.04 Å². The Labute approximate surface area is 108 Å². The lowest BCUT2D eigenvalue weighted by Crippen LogP contribution is -2.34. The zero-order chi connectivity index (χ0) is 14.0. The number of hydrogen-bond acceptors (Lipinski definition) is 5. The number of rotatable bonds is 4. The number of ether oxygens (including phenoxy) is 3. The summed E-state index contributed by atoms with van der Waals surface area (Å²) in [7, 11) is 0. The first kappa shape index (κ1) is 13.5. The highest BCUT2D eigenvalue weighted by atomic mass is 19.3. The maximum Gasteiger partial charge on any atom is 0.586 e. The molecule has 0 bridgehead atoms. The van der Waals surface area contributed by atoms with Gasteiger partial charge in [0, 0.05) is 12.0 Å². The number of alkyl halides is 2. The summed E-state index contributed by atoms with van der Waals surface area (Å²) in [5, 5.41) is 0. The molecule has 0 radical (unpaired) electrons. The Bertz CT molecular complexity index is 493. The van der Waals surface area contributed by atoms with E-state index < -0.39 is 18.3 Å². The molecular formula is C12H13F2NO4. The third-order valence-corrected chi connectivity index (χ3v) is 2.54. The molecule has 1 unspecified atom stereocenters. The minimum absolute atomic E-state index is 0.0292. The fourth-order valence-electron chi connectivity index (χ4n) is 1.76. The SMILES string of the molecule is CCOC(=O)C(N)Cc1cccc2c1OC(F)(F)O2. The summed E-state index contributed by atoms with van der Waals surface area (Å²) >= 11 is 0. The van der Waals surface area contributed by atoms with Crippen LogP contribution in [0.4, 0.5) is 8.78 Å². The molecule has 5 nitrogen and oxygen atoms in total. The van der Waals surface area contributed by atoms with Crippen molar-refractivity contribution in [3.63, 3.8) is 0 Å². The number of hydrogen-bond donors (Lipinski definition) is 1. The van der Waals surface area contributed by atoms with Crippen LogP contribution in [0.25, 0.3) is 0 Å². The van der Waals surface area contributed by atoms with Crippen LogP contribution in [0, 0.1) is 0 Å². The highest BCUT2D eigenvalue weighted by molar-refractivity contribution is 5.76. The van der Waals surface area contributed by atoms with Gasteiger partial charge in [0.25, 0.3) is 0 Å². The second kappa shape index (κ2) is 5.00. The Morgan fingerprint density at radius 1 is 1.47 bits per heavy atom. The van der Waals surface area contributed by atoms with Gasteiger partial charge in [-0.05, 0) is 13.0 Å². The normalized spacial score (nSPS) is 17.1. The van der Waals surface area contributed by atoms with Crippen molar-refractivity contribution < 1.29 is 27.8 Å². The van der Waals surface area contributed by atoms with E-state index >= 15 is 0 Å². The number of para-hydroxylation sites is 1. The number of carbonyl (C=O) groups excluding carboxylic acids is 1. The molecule has 0 saturated carbocycles. The van der Waals surface area contributed by atoms with E-state index in [9.17, 15) is 13.6 Å². The lowest BCUT2D eigenvalue weighted by atomic mass is 10.1. The highest BCUT2D eigenvalue weighted by Gasteiger charge is 2.44. The first-order valence-corrected chi connectivity index (χ1v) is 5.73. The van der Waals surface area contributed by atoms with E-state index in [4.69, 9.17) is 10.5 Å². The largest absolute Gasteiger partial charge is 0.586 e. The summed E-state index contributed by atoms with van der Waals surface area (Å²) in [6, 6.07) is 3.49. The molecular weight excluding hydrogens is 260 g/mol. The van der Waals surface area contributed by atoms with Crippen LogP contribution in [0.15, 0.2) is 18.2 Å². The molecule has 7 heteroatoms. The standard InChI is InChI=1S/C12H13F2NO4/c1-2-17-11(16)8(15)6-7-4-3-5-9-10(7)19-12(13,14)18-9/h3-5,8H,2,6,15H2,1H3. The molecule has 104 valence electrons. The van der Waals surface area contributed by atoms with Gasteiger partial charge >= 0.3 is 12.3 Å². The molecule has 2 rings (SSSR count). The summed E-state index contributed by atoms with van der Waals surface area (Å²) in [6.45, 7) is 1.86. The number of esters is 1. The summed E-state index contributed by atoms with van der Waals surface area (Å²) in [6.07, 6.45) is -3.66. The van der Waals surface area contributed by atoms with Crippen LogP contribution in [0.5, 0.6) is 11.5 Å². The third kappa shape index (κ3) is 2.93. The average Bonchev–Trinajstić information content (AvgIpc) is 2.64. The first-order chi connectivity index (χ1) is 8.93. The van der Waals surface area contributed by atoms with Gasteiger partial charge in [0.2, 0.25) is 0 Å². The number of nitrogens with two attached hydrogens (primary N) is 1. The van der Waals surface area contributed by atoms with Crippen molar-refractivity contribution >= 4 is 5.97 Å². The number of benzene rings is 1. The van der Waals surface area contributed by atoms with Gasteiger partial charge < -0.3 is 19.9 Å². The van der Waals surface area contributed by atoms with Crippen LogP contribution in [0.1, 0.15) is 12.5 Å². The molecule has 0 aromatic heterocycles. The number of halogens is 2. The lowest BCUT2D eigenvalue weighted by molar-refractivity contribution is -0.286. The molecule has 19 heavy (non-hydrogen) atoms. The predicted molar refractivity (Wildman–Crippen MR) is 61.0 cm³/mol. The van der Waals surface area contributed by atoms with E-state index in [1.807, 2.05) is 0 Å². The predicted octanol–water partition coefficient (Wildman–Crippen LogP) is 1.44. The van der Waals surface area contributed by atoms with Crippen molar-refractivity contribution in [3.05, 3.63) is 23.8 Å². The van der Waals surface area contributed by atoms with Crippen molar-refractivity contribution in [2.45, 2.75) is 25.7 Å². The molecule has 0 fully saturated rings. The Morgan fingerprint density at radius 3 is 2.89 bits per heavy atom.